The van der Waals surface area contributed by atoms with Gasteiger partial charge in [-0.05, 0) is 49.5 Å². The van der Waals surface area contributed by atoms with Crippen molar-refractivity contribution in [1.29, 1.82) is 0 Å². The van der Waals surface area contributed by atoms with Crippen LogP contribution in [0.25, 0.3) is 0 Å². The Bertz CT molecular complexity index is 1000. The number of hydrogen-bond donors (Lipinski definition) is 0. The van der Waals surface area contributed by atoms with Crippen LogP contribution in [0.1, 0.15) is 105 Å². The second-order valence-corrected chi connectivity index (χ2v) is 10.8. The van der Waals surface area contributed by atoms with Crippen molar-refractivity contribution in [3.8, 4) is 0 Å². The van der Waals surface area contributed by atoms with Gasteiger partial charge in [-0.3, -0.25) is 14.3 Å². The van der Waals surface area contributed by atoms with Crippen molar-refractivity contribution >= 4 is 11.7 Å². The highest BCUT2D eigenvalue weighted by Gasteiger charge is 2.42. The summed E-state index contributed by atoms with van der Waals surface area (Å²) in [6.45, 7) is 5.14. The van der Waals surface area contributed by atoms with Gasteiger partial charge >= 0.3 is 0 Å². The second-order valence-electron chi connectivity index (χ2n) is 10.8. The smallest absolute Gasteiger partial charge is 0.223 e. The maximum absolute atomic E-state index is 13.3. The third-order valence-corrected chi connectivity index (χ3v) is 7.63. The summed E-state index contributed by atoms with van der Waals surface area (Å²) < 4.78 is 2.21. The molecule has 1 aromatic carbocycles. The first kappa shape index (κ1) is 21.4. The Labute approximate surface area is 191 Å². The van der Waals surface area contributed by atoms with Gasteiger partial charge in [0.05, 0.1) is 29.0 Å². The van der Waals surface area contributed by atoms with Gasteiger partial charge in [0, 0.05) is 19.4 Å². The Balaban J connectivity index is 1.44. The molecule has 3 aliphatic rings. The van der Waals surface area contributed by atoms with Gasteiger partial charge in [0.15, 0.2) is 5.78 Å². The molecule has 2 aromatic rings. The minimum atomic E-state index is -0.0557. The Morgan fingerprint density at radius 3 is 2.56 bits per heavy atom. The molecule has 2 heterocycles. The van der Waals surface area contributed by atoms with E-state index < -0.39 is 0 Å². The lowest BCUT2D eigenvalue weighted by molar-refractivity contribution is -0.132. The number of carbonyl (C=O) groups is 2. The molecule has 2 fully saturated rings. The van der Waals surface area contributed by atoms with Crippen LogP contribution >= 0.6 is 0 Å². The van der Waals surface area contributed by atoms with E-state index in [0.717, 1.165) is 62.0 Å². The Kier molecular flexibility index (Phi) is 5.68. The van der Waals surface area contributed by atoms with Gasteiger partial charge in [-0.25, -0.2) is 0 Å². The molecular weight excluding hydrogens is 398 g/mol. The highest BCUT2D eigenvalue weighted by Crippen LogP contribution is 2.43. The van der Waals surface area contributed by atoms with Crippen LogP contribution in [0.2, 0.25) is 0 Å². The van der Waals surface area contributed by atoms with Crippen LogP contribution < -0.4 is 0 Å². The lowest BCUT2D eigenvalue weighted by Crippen LogP contribution is -2.33. The van der Waals surface area contributed by atoms with Crippen molar-refractivity contribution in [3.63, 3.8) is 0 Å². The lowest BCUT2D eigenvalue weighted by Gasteiger charge is -2.31. The van der Waals surface area contributed by atoms with Crippen molar-refractivity contribution in [2.24, 2.45) is 5.41 Å². The van der Waals surface area contributed by atoms with E-state index in [1.807, 2.05) is 23.1 Å². The maximum Gasteiger partial charge on any atom is 0.223 e. The number of rotatable bonds is 5. The molecule has 0 radical (unpaired) electrons. The summed E-state index contributed by atoms with van der Waals surface area (Å²) in [5.41, 5.74) is 4.04. The number of nitrogens with zero attached hydrogens (tertiary/aromatic N) is 3. The minimum Gasteiger partial charge on any atom is -0.334 e. The van der Waals surface area contributed by atoms with E-state index in [-0.39, 0.29) is 23.1 Å². The molecular formula is C27H35N3O2. The number of carbonyl (C=O) groups excluding carboxylic acids is 2. The van der Waals surface area contributed by atoms with Crippen molar-refractivity contribution in [2.75, 3.05) is 6.54 Å². The molecule has 1 aliphatic heterocycles. The highest BCUT2D eigenvalue weighted by atomic mass is 16.2. The molecule has 0 spiro atoms. The third-order valence-electron chi connectivity index (χ3n) is 7.63. The maximum atomic E-state index is 13.3. The predicted molar refractivity (Wildman–Crippen MR) is 125 cm³/mol. The first-order valence-electron chi connectivity index (χ1n) is 12.4. The van der Waals surface area contributed by atoms with Crippen molar-refractivity contribution < 1.29 is 9.59 Å². The topological polar surface area (TPSA) is 55.2 Å². The zero-order valence-corrected chi connectivity index (χ0v) is 19.5. The number of aryl methyl sites for hydroxylation is 1. The number of aromatic nitrogens is 2. The van der Waals surface area contributed by atoms with E-state index in [1.54, 1.807) is 0 Å². The van der Waals surface area contributed by atoms with E-state index in [9.17, 15) is 9.59 Å². The summed E-state index contributed by atoms with van der Waals surface area (Å²) in [7, 11) is 0. The van der Waals surface area contributed by atoms with Gasteiger partial charge in [0.2, 0.25) is 5.91 Å². The first-order chi connectivity index (χ1) is 15.4. The Morgan fingerprint density at radius 2 is 1.81 bits per heavy atom. The fourth-order valence-corrected chi connectivity index (χ4v) is 6.07. The van der Waals surface area contributed by atoms with E-state index in [2.05, 4.69) is 30.7 Å². The van der Waals surface area contributed by atoms with Crippen molar-refractivity contribution in [1.82, 2.24) is 14.7 Å². The number of hydrogen-bond acceptors (Lipinski definition) is 3. The molecule has 5 heteroatoms. The van der Waals surface area contributed by atoms with E-state index in [0.29, 0.717) is 18.9 Å². The van der Waals surface area contributed by atoms with Gasteiger partial charge in [-0.1, -0.05) is 57.0 Å². The fraction of sp³-hybridized carbons (Fsp3) is 0.593. The average molecular weight is 434 g/mol. The normalized spacial score (nSPS) is 23.0. The molecule has 0 unspecified atom stereocenters. The molecule has 1 saturated carbocycles. The number of benzene rings is 1. The molecule has 1 atom stereocenters. The van der Waals surface area contributed by atoms with E-state index in [1.165, 1.54) is 18.4 Å². The summed E-state index contributed by atoms with van der Waals surface area (Å²) in [6.07, 6.45) is 9.37. The van der Waals surface area contributed by atoms with Crippen LogP contribution in [-0.4, -0.2) is 32.9 Å². The molecule has 0 bridgehead atoms. The molecule has 0 N–H and O–H groups in total. The zero-order valence-electron chi connectivity index (χ0n) is 19.5. The molecule has 1 aromatic heterocycles. The third kappa shape index (κ3) is 4.02. The minimum absolute atomic E-state index is 0.0292. The van der Waals surface area contributed by atoms with E-state index >= 15 is 0 Å². The molecule has 32 heavy (non-hydrogen) atoms. The summed E-state index contributed by atoms with van der Waals surface area (Å²) in [5.74, 6) is 0.406. The predicted octanol–water partition coefficient (Wildman–Crippen LogP) is 5.45. The monoisotopic (exact) mass is 433 g/mol. The standard InChI is InChI=1S/C27H35N3O2/c1-27(2)17-22-25(23(31)18-27)26(28-30(22)20-11-6-7-12-20)21-13-8-16-29(21)24(32)15-14-19-9-4-3-5-10-19/h3-5,9-10,20-21H,6-8,11-18H2,1-2H3/t21-/m0/s1. The lowest BCUT2D eigenvalue weighted by atomic mass is 9.75. The van der Waals surface area contributed by atoms with Crippen LogP contribution in [0.3, 0.4) is 0 Å². The molecule has 1 amide bonds. The summed E-state index contributed by atoms with van der Waals surface area (Å²) in [4.78, 5) is 28.6. The zero-order chi connectivity index (χ0) is 22.3. The van der Waals surface area contributed by atoms with Gasteiger partial charge < -0.3 is 4.90 Å². The van der Waals surface area contributed by atoms with Gasteiger partial charge in [-0.2, -0.15) is 5.10 Å². The number of Topliss-reactive ketones (excluding diaryl/α,β-unsaturated/α-hetero) is 1. The fourth-order valence-electron chi connectivity index (χ4n) is 6.07. The van der Waals surface area contributed by atoms with Crippen molar-refractivity contribution in [3.05, 3.63) is 52.8 Å². The molecule has 5 nitrogen and oxygen atoms in total. The molecule has 170 valence electrons. The molecule has 1 saturated heterocycles. The van der Waals surface area contributed by atoms with Crippen LogP contribution in [-0.2, 0) is 17.6 Å². The van der Waals surface area contributed by atoms with Gasteiger partial charge in [-0.15, -0.1) is 0 Å². The quantitative estimate of drug-likeness (QED) is 0.630. The van der Waals surface area contributed by atoms with Crippen LogP contribution in [0.4, 0.5) is 0 Å². The SMILES string of the molecule is CC1(C)CC(=O)c2c([C@@H]3CCCN3C(=O)CCc3ccccc3)nn(C3CCCC3)c2C1. The second kappa shape index (κ2) is 8.49. The van der Waals surface area contributed by atoms with E-state index in [4.69, 9.17) is 5.10 Å². The van der Waals surface area contributed by atoms with Crippen LogP contribution in [0.15, 0.2) is 30.3 Å². The Hall–Kier alpha value is -2.43. The summed E-state index contributed by atoms with van der Waals surface area (Å²) >= 11 is 0. The number of likely N-dealkylation sites (tertiary alicyclic amines) is 1. The number of amides is 1. The van der Waals surface area contributed by atoms with Gasteiger partial charge in [0.25, 0.3) is 0 Å². The van der Waals surface area contributed by atoms with Crippen molar-refractivity contribution in [2.45, 2.75) is 90.1 Å². The van der Waals surface area contributed by atoms with Gasteiger partial charge in [0.1, 0.15) is 0 Å². The average Bonchev–Trinajstić information content (AvgIpc) is 3.50. The number of ketones is 1. The summed E-state index contributed by atoms with van der Waals surface area (Å²) in [6, 6.07) is 10.6. The molecule has 2 aliphatic carbocycles. The number of fused-ring (bicyclic) bond motifs is 1. The van der Waals surface area contributed by atoms with Crippen LogP contribution in [0, 0.1) is 5.41 Å². The summed E-state index contributed by atoms with van der Waals surface area (Å²) in [5, 5.41) is 5.12. The Morgan fingerprint density at radius 1 is 1.06 bits per heavy atom. The van der Waals surface area contributed by atoms with Crippen LogP contribution in [0.5, 0.6) is 0 Å². The molecule has 5 rings (SSSR count). The highest BCUT2D eigenvalue weighted by molar-refractivity contribution is 6.00. The largest absolute Gasteiger partial charge is 0.334 e. The first-order valence-corrected chi connectivity index (χ1v) is 12.4.